The molecule has 0 bridgehead atoms. The lowest BCUT2D eigenvalue weighted by Gasteiger charge is -2.04. The minimum Gasteiger partial charge on any atom is -0.481 e. The zero-order chi connectivity index (χ0) is 12.4. The molecule has 2 aromatic rings. The Morgan fingerprint density at radius 3 is 3.00 bits per heavy atom. The molecule has 0 radical (unpaired) electrons. The molecule has 0 fully saturated rings. The van der Waals surface area contributed by atoms with Crippen LogP contribution in [0.3, 0.4) is 0 Å². The van der Waals surface area contributed by atoms with Crippen LogP contribution in [-0.4, -0.2) is 16.1 Å². The number of thiazole rings is 1. The molecule has 0 amide bonds. The molecule has 5 heteroatoms. The van der Waals surface area contributed by atoms with Crippen molar-refractivity contribution in [3.8, 4) is 0 Å². The van der Waals surface area contributed by atoms with Crippen LogP contribution in [0.25, 0.3) is 10.2 Å². The second kappa shape index (κ2) is 5.02. The molecule has 17 heavy (non-hydrogen) atoms. The van der Waals surface area contributed by atoms with Crippen LogP contribution in [-0.2, 0) is 11.2 Å². The number of hydrogen-bond acceptors (Lipinski definition) is 3. The summed E-state index contributed by atoms with van der Waals surface area (Å²) < 4.78 is 0.978. The van der Waals surface area contributed by atoms with E-state index in [0.29, 0.717) is 11.4 Å². The van der Waals surface area contributed by atoms with E-state index in [0.717, 1.165) is 15.2 Å². The van der Waals surface area contributed by atoms with Crippen LogP contribution in [0.4, 0.5) is 0 Å². The highest BCUT2D eigenvalue weighted by Gasteiger charge is 2.12. The van der Waals surface area contributed by atoms with Crippen LogP contribution >= 0.6 is 22.9 Å². The summed E-state index contributed by atoms with van der Waals surface area (Å²) in [7, 11) is 0. The van der Waals surface area contributed by atoms with Crippen LogP contribution < -0.4 is 0 Å². The number of nitrogens with zero attached hydrogens (tertiary/aromatic N) is 1. The first-order valence-corrected chi connectivity index (χ1v) is 6.51. The molecule has 0 saturated carbocycles. The minimum absolute atomic E-state index is 0.0897. The Morgan fingerprint density at radius 2 is 2.35 bits per heavy atom. The fraction of sp³-hybridized carbons (Fsp3) is 0.333. The minimum atomic E-state index is -0.767. The molecule has 0 aliphatic heterocycles. The van der Waals surface area contributed by atoms with Crippen molar-refractivity contribution < 1.29 is 9.90 Å². The Bertz CT molecular complexity index is 552. The highest BCUT2D eigenvalue weighted by Crippen LogP contribution is 2.30. The maximum atomic E-state index is 10.6. The molecule has 0 aliphatic carbocycles. The Balaban J connectivity index is 2.20. The fourth-order valence-electron chi connectivity index (χ4n) is 1.72. The smallest absolute Gasteiger partial charge is 0.303 e. The van der Waals surface area contributed by atoms with Gasteiger partial charge in [0.05, 0.1) is 20.2 Å². The van der Waals surface area contributed by atoms with Gasteiger partial charge in [-0.2, -0.15) is 0 Å². The van der Waals surface area contributed by atoms with Gasteiger partial charge in [-0.05, 0) is 18.1 Å². The molecule has 1 unspecified atom stereocenters. The maximum absolute atomic E-state index is 10.6. The van der Waals surface area contributed by atoms with Crippen LogP contribution in [0.15, 0.2) is 18.2 Å². The molecular formula is C12H12ClNO2S. The SMILES string of the molecule is CC(CC(=O)O)Cc1nc2cccc(Cl)c2s1. The number of rotatable bonds is 4. The van der Waals surface area contributed by atoms with E-state index in [1.165, 1.54) is 0 Å². The summed E-state index contributed by atoms with van der Waals surface area (Å²) in [5, 5.41) is 10.4. The van der Waals surface area contributed by atoms with Gasteiger partial charge in [0.2, 0.25) is 0 Å². The third-order valence-corrected chi connectivity index (χ3v) is 4.01. The molecular weight excluding hydrogens is 258 g/mol. The number of halogens is 1. The molecule has 0 aliphatic rings. The molecule has 1 heterocycles. The van der Waals surface area contributed by atoms with Gasteiger partial charge in [0.15, 0.2) is 0 Å². The Kier molecular flexibility index (Phi) is 3.64. The summed E-state index contributed by atoms with van der Waals surface area (Å²) in [5.41, 5.74) is 0.889. The van der Waals surface area contributed by atoms with E-state index in [1.807, 2.05) is 25.1 Å². The summed E-state index contributed by atoms with van der Waals surface area (Å²) in [6, 6.07) is 5.63. The van der Waals surface area contributed by atoms with Gasteiger partial charge >= 0.3 is 5.97 Å². The average Bonchev–Trinajstić information content (AvgIpc) is 2.60. The Morgan fingerprint density at radius 1 is 1.59 bits per heavy atom. The lowest BCUT2D eigenvalue weighted by molar-refractivity contribution is -0.137. The Labute approximate surface area is 108 Å². The third kappa shape index (κ3) is 2.96. The van der Waals surface area contributed by atoms with Gasteiger partial charge in [0.1, 0.15) is 0 Å². The van der Waals surface area contributed by atoms with Gasteiger partial charge in [0, 0.05) is 12.8 Å². The zero-order valence-electron chi connectivity index (χ0n) is 9.31. The topological polar surface area (TPSA) is 50.2 Å². The van der Waals surface area contributed by atoms with Crippen molar-refractivity contribution in [1.29, 1.82) is 0 Å². The first-order chi connectivity index (χ1) is 8.06. The maximum Gasteiger partial charge on any atom is 0.303 e. The summed E-state index contributed by atoms with van der Waals surface area (Å²) in [6.07, 6.45) is 0.853. The van der Waals surface area contributed by atoms with E-state index in [1.54, 1.807) is 11.3 Å². The van der Waals surface area contributed by atoms with Crippen molar-refractivity contribution >= 4 is 39.1 Å². The normalized spacial score (nSPS) is 12.8. The molecule has 1 atom stereocenters. The quantitative estimate of drug-likeness (QED) is 0.923. The molecule has 1 aromatic heterocycles. The number of fused-ring (bicyclic) bond motifs is 1. The third-order valence-electron chi connectivity index (χ3n) is 2.46. The first-order valence-electron chi connectivity index (χ1n) is 5.32. The van der Waals surface area contributed by atoms with Gasteiger partial charge in [-0.1, -0.05) is 24.6 Å². The van der Waals surface area contributed by atoms with Crippen molar-refractivity contribution in [2.24, 2.45) is 5.92 Å². The summed E-state index contributed by atoms with van der Waals surface area (Å²) in [6.45, 7) is 1.92. The molecule has 2 rings (SSSR count). The highest BCUT2D eigenvalue weighted by atomic mass is 35.5. The number of aliphatic carboxylic acids is 1. The molecule has 0 spiro atoms. The van der Waals surface area contributed by atoms with Crippen LogP contribution in [0.1, 0.15) is 18.4 Å². The number of carboxylic acid groups (broad SMARTS) is 1. The Hall–Kier alpha value is -1.13. The van der Waals surface area contributed by atoms with E-state index in [-0.39, 0.29) is 12.3 Å². The van der Waals surface area contributed by atoms with Crippen molar-refractivity contribution in [2.45, 2.75) is 19.8 Å². The molecule has 90 valence electrons. The fourth-order valence-corrected chi connectivity index (χ4v) is 3.13. The largest absolute Gasteiger partial charge is 0.481 e. The van der Waals surface area contributed by atoms with Crippen molar-refractivity contribution in [1.82, 2.24) is 4.98 Å². The lowest BCUT2D eigenvalue weighted by Crippen LogP contribution is -2.06. The summed E-state index contributed by atoms with van der Waals surface area (Å²) in [4.78, 5) is 15.1. The van der Waals surface area contributed by atoms with Gasteiger partial charge in [0.25, 0.3) is 0 Å². The zero-order valence-corrected chi connectivity index (χ0v) is 10.9. The number of benzene rings is 1. The van der Waals surface area contributed by atoms with E-state index in [4.69, 9.17) is 16.7 Å². The second-order valence-electron chi connectivity index (χ2n) is 4.10. The second-order valence-corrected chi connectivity index (χ2v) is 5.59. The van der Waals surface area contributed by atoms with Crippen LogP contribution in [0, 0.1) is 5.92 Å². The van der Waals surface area contributed by atoms with E-state index in [9.17, 15) is 4.79 Å². The molecule has 1 N–H and O–H groups in total. The number of carbonyl (C=O) groups is 1. The molecule has 3 nitrogen and oxygen atoms in total. The summed E-state index contributed by atoms with van der Waals surface area (Å²) >= 11 is 7.61. The predicted octanol–water partition coefficient (Wildman–Crippen LogP) is 3.60. The predicted molar refractivity (Wildman–Crippen MR) is 69.8 cm³/mol. The van der Waals surface area contributed by atoms with E-state index >= 15 is 0 Å². The lowest BCUT2D eigenvalue weighted by atomic mass is 10.1. The van der Waals surface area contributed by atoms with Gasteiger partial charge in [-0.15, -0.1) is 11.3 Å². The van der Waals surface area contributed by atoms with E-state index in [2.05, 4.69) is 4.98 Å². The van der Waals surface area contributed by atoms with E-state index < -0.39 is 5.97 Å². The standard InChI is InChI=1S/C12H12ClNO2S/c1-7(6-11(15)16)5-10-14-9-4-2-3-8(13)12(9)17-10/h2-4,7H,5-6H2,1H3,(H,15,16). The number of carboxylic acids is 1. The highest BCUT2D eigenvalue weighted by molar-refractivity contribution is 7.19. The van der Waals surface area contributed by atoms with Crippen LogP contribution in [0.5, 0.6) is 0 Å². The monoisotopic (exact) mass is 269 g/mol. The van der Waals surface area contributed by atoms with Crippen molar-refractivity contribution in [3.63, 3.8) is 0 Å². The first kappa shape index (κ1) is 12.3. The molecule has 0 saturated heterocycles. The molecule has 1 aromatic carbocycles. The van der Waals surface area contributed by atoms with Crippen LogP contribution in [0.2, 0.25) is 5.02 Å². The van der Waals surface area contributed by atoms with Gasteiger partial charge < -0.3 is 5.11 Å². The van der Waals surface area contributed by atoms with Gasteiger partial charge in [-0.3, -0.25) is 4.79 Å². The summed E-state index contributed by atoms with van der Waals surface area (Å²) in [5.74, 6) is -0.677. The number of hydrogen-bond donors (Lipinski definition) is 1. The van der Waals surface area contributed by atoms with Crippen molar-refractivity contribution in [3.05, 3.63) is 28.2 Å². The van der Waals surface area contributed by atoms with Gasteiger partial charge in [-0.25, -0.2) is 4.98 Å². The van der Waals surface area contributed by atoms with Crippen molar-refractivity contribution in [2.75, 3.05) is 0 Å². The average molecular weight is 270 g/mol. The number of aromatic nitrogens is 1.